The van der Waals surface area contributed by atoms with E-state index in [0.717, 1.165) is 23.1 Å². The highest BCUT2D eigenvalue weighted by molar-refractivity contribution is 6.30. The first kappa shape index (κ1) is 21.9. The number of rotatable bonds is 5. The Hall–Kier alpha value is -3.31. The van der Waals surface area contributed by atoms with Gasteiger partial charge in [0.1, 0.15) is 0 Å². The van der Waals surface area contributed by atoms with Crippen molar-refractivity contribution in [2.45, 2.75) is 26.8 Å². The van der Waals surface area contributed by atoms with Crippen LogP contribution in [0.3, 0.4) is 0 Å². The minimum Gasteiger partial charge on any atom is -0.320 e. The first-order valence-electron chi connectivity index (χ1n) is 10.7. The SMILES string of the molecule is Cc1cccc(C(=O)Nc2cc(C)ccc2N2CCCN(Cc3ccc(Cl)cc3)C2=O)c1. The average molecular weight is 448 g/mol. The second-order valence-electron chi connectivity index (χ2n) is 8.18. The molecule has 1 fully saturated rings. The lowest BCUT2D eigenvalue weighted by Crippen LogP contribution is -2.49. The number of benzene rings is 3. The van der Waals surface area contributed by atoms with E-state index in [9.17, 15) is 9.59 Å². The summed E-state index contributed by atoms with van der Waals surface area (Å²) < 4.78 is 0. The maximum atomic E-state index is 13.3. The minimum absolute atomic E-state index is 0.0684. The average Bonchev–Trinajstić information content (AvgIpc) is 2.77. The third-order valence-corrected chi connectivity index (χ3v) is 5.82. The molecule has 164 valence electrons. The third kappa shape index (κ3) is 4.94. The van der Waals surface area contributed by atoms with Crippen LogP contribution in [0.5, 0.6) is 0 Å². The Balaban J connectivity index is 1.57. The van der Waals surface area contributed by atoms with Gasteiger partial charge in [-0.25, -0.2) is 4.79 Å². The number of halogens is 1. The first-order chi connectivity index (χ1) is 15.4. The summed E-state index contributed by atoms with van der Waals surface area (Å²) in [5, 5.41) is 3.69. The number of carbonyl (C=O) groups excluding carboxylic acids is 2. The number of nitrogens with zero attached hydrogens (tertiary/aromatic N) is 2. The van der Waals surface area contributed by atoms with Gasteiger partial charge in [0.25, 0.3) is 5.91 Å². The number of aryl methyl sites for hydroxylation is 2. The summed E-state index contributed by atoms with van der Waals surface area (Å²) in [5.74, 6) is -0.192. The van der Waals surface area contributed by atoms with E-state index < -0.39 is 0 Å². The Morgan fingerprint density at radius 1 is 0.969 bits per heavy atom. The maximum absolute atomic E-state index is 13.3. The van der Waals surface area contributed by atoms with Crippen molar-refractivity contribution < 1.29 is 9.59 Å². The highest BCUT2D eigenvalue weighted by Crippen LogP contribution is 2.31. The van der Waals surface area contributed by atoms with Crippen molar-refractivity contribution in [3.8, 4) is 0 Å². The van der Waals surface area contributed by atoms with Crippen molar-refractivity contribution in [3.05, 3.63) is 94.0 Å². The number of amides is 3. The van der Waals surface area contributed by atoms with E-state index in [0.29, 0.717) is 41.6 Å². The Labute approximate surface area is 193 Å². The summed E-state index contributed by atoms with van der Waals surface area (Å²) in [6, 6.07) is 20.7. The molecule has 3 amide bonds. The molecule has 0 saturated carbocycles. The van der Waals surface area contributed by atoms with E-state index in [1.165, 1.54) is 0 Å². The molecule has 1 aliphatic rings. The number of hydrogen-bond donors (Lipinski definition) is 1. The van der Waals surface area contributed by atoms with E-state index >= 15 is 0 Å². The van der Waals surface area contributed by atoms with Crippen LogP contribution in [0.2, 0.25) is 5.02 Å². The van der Waals surface area contributed by atoms with Gasteiger partial charge in [-0.2, -0.15) is 0 Å². The van der Waals surface area contributed by atoms with Crippen LogP contribution in [-0.2, 0) is 6.54 Å². The fourth-order valence-corrected chi connectivity index (χ4v) is 4.05. The smallest absolute Gasteiger partial charge is 0.320 e. The Morgan fingerprint density at radius 3 is 2.47 bits per heavy atom. The van der Waals surface area contributed by atoms with Gasteiger partial charge in [0.15, 0.2) is 0 Å². The van der Waals surface area contributed by atoms with E-state index in [2.05, 4.69) is 5.32 Å². The van der Waals surface area contributed by atoms with Crippen LogP contribution >= 0.6 is 11.6 Å². The van der Waals surface area contributed by atoms with Gasteiger partial charge >= 0.3 is 6.03 Å². The molecule has 0 spiro atoms. The van der Waals surface area contributed by atoms with E-state index in [4.69, 9.17) is 11.6 Å². The number of urea groups is 1. The predicted octanol–water partition coefficient (Wildman–Crippen LogP) is 6.04. The van der Waals surface area contributed by atoms with E-state index in [-0.39, 0.29) is 11.9 Å². The van der Waals surface area contributed by atoms with E-state index in [1.54, 1.807) is 11.0 Å². The summed E-state index contributed by atoms with van der Waals surface area (Å²) in [7, 11) is 0. The quantitative estimate of drug-likeness (QED) is 0.518. The lowest BCUT2D eigenvalue weighted by Gasteiger charge is -2.36. The van der Waals surface area contributed by atoms with Gasteiger partial charge in [0, 0.05) is 30.2 Å². The van der Waals surface area contributed by atoms with Crippen LogP contribution in [0.1, 0.15) is 33.5 Å². The minimum atomic E-state index is -0.192. The second kappa shape index (κ2) is 9.45. The molecular formula is C26H26ClN3O2. The number of anilines is 2. The lowest BCUT2D eigenvalue weighted by molar-refractivity contribution is 0.102. The van der Waals surface area contributed by atoms with Gasteiger partial charge in [-0.15, -0.1) is 0 Å². The zero-order valence-corrected chi connectivity index (χ0v) is 19.0. The molecule has 5 nitrogen and oxygen atoms in total. The fourth-order valence-electron chi connectivity index (χ4n) is 3.93. The summed E-state index contributed by atoms with van der Waals surface area (Å²) in [5.41, 5.74) is 5.00. The summed E-state index contributed by atoms with van der Waals surface area (Å²) in [6.45, 7) is 5.73. The van der Waals surface area contributed by atoms with Crippen molar-refractivity contribution in [2.24, 2.45) is 0 Å². The highest BCUT2D eigenvalue weighted by atomic mass is 35.5. The van der Waals surface area contributed by atoms with Crippen LogP contribution in [0.4, 0.5) is 16.2 Å². The number of nitrogens with one attached hydrogen (secondary N) is 1. The molecule has 0 radical (unpaired) electrons. The second-order valence-corrected chi connectivity index (χ2v) is 8.62. The van der Waals surface area contributed by atoms with Crippen molar-refractivity contribution >= 4 is 34.9 Å². The molecule has 0 unspecified atom stereocenters. The summed E-state index contributed by atoms with van der Waals surface area (Å²) >= 11 is 5.99. The van der Waals surface area contributed by atoms with Gasteiger partial charge in [-0.05, 0) is 67.8 Å². The molecule has 6 heteroatoms. The monoisotopic (exact) mass is 447 g/mol. The van der Waals surface area contributed by atoms with E-state index in [1.807, 2.05) is 79.4 Å². The standard InChI is InChI=1S/C26H26ClN3O2/c1-18-5-3-6-21(15-18)25(31)28-23-16-19(2)7-12-24(23)30-14-4-13-29(26(30)32)17-20-8-10-22(27)11-9-20/h3,5-12,15-16H,4,13-14,17H2,1-2H3,(H,28,31). The topological polar surface area (TPSA) is 52.7 Å². The Morgan fingerprint density at radius 2 is 1.72 bits per heavy atom. The maximum Gasteiger partial charge on any atom is 0.324 e. The molecule has 0 aromatic heterocycles. The summed E-state index contributed by atoms with van der Waals surface area (Å²) in [4.78, 5) is 29.8. The predicted molar refractivity (Wildman–Crippen MR) is 130 cm³/mol. The highest BCUT2D eigenvalue weighted by Gasteiger charge is 2.28. The molecule has 32 heavy (non-hydrogen) atoms. The molecule has 0 bridgehead atoms. The van der Waals surface area contributed by atoms with Crippen molar-refractivity contribution in [3.63, 3.8) is 0 Å². The molecule has 0 aliphatic carbocycles. The normalized spacial score (nSPS) is 13.9. The summed E-state index contributed by atoms with van der Waals surface area (Å²) in [6.07, 6.45) is 0.846. The largest absolute Gasteiger partial charge is 0.324 e. The Kier molecular flexibility index (Phi) is 6.47. The van der Waals surface area contributed by atoms with Gasteiger partial charge in [0.05, 0.1) is 11.4 Å². The van der Waals surface area contributed by atoms with Crippen molar-refractivity contribution in [1.82, 2.24) is 4.90 Å². The van der Waals surface area contributed by atoms with Gasteiger partial charge in [-0.3, -0.25) is 9.69 Å². The molecule has 3 aromatic carbocycles. The zero-order valence-electron chi connectivity index (χ0n) is 18.3. The van der Waals surface area contributed by atoms with Crippen LogP contribution in [-0.4, -0.2) is 29.9 Å². The molecule has 1 N–H and O–H groups in total. The molecule has 1 aliphatic heterocycles. The van der Waals surface area contributed by atoms with Crippen LogP contribution in [0.15, 0.2) is 66.7 Å². The number of carbonyl (C=O) groups is 2. The fraction of sp³-hybridized carbons (Fsp3) is 0.231. The van der Waals surface area contributed by atoms with Crippen molar-refractivity contribution in [2.75, 3.05) is 23.3 Å². The molecule has 0 atom stereocenters. The lowest BCUT2D eigenvalue weighted by atomic mass is 10.1. The molecule has 4 rings (SSSR count). The van der Waals surface area contributed by atoms with Crippen LogP contribution < -0.4 is 10.2 Å². The zero-order chi connectivity index (χ0) is 22.7. The van der Waals surface area contributed by atoms with Crippen molar-refractivity contribution in [1.29, 1.82) is 0 Å². The van der Waals surface area contributed by atoms with Crippen LogP contribution in [0.25, 0.3) is 0 Å². The molecule has 1 heterocycles. The third-order valence-electron chi connectivity index (χ3n) is 5.57. The molecular weight excluding hydrogens is 422 g/mol. The molecule has 1 saturated heterocycles. The Bertz CT molecular complexity index is 1140. The first-order valence-corrected chi connectivity index (χ1v) is 11.1. The van der Waals surface area contributed by atoms with Gasteiger partial charge in [0.2, 0.25) is 0 Å². The van der Waals surface area contributed by atoms with Gasteiger partial charge < -0.3 is 10.2 Å². The van der Waals surface area contributed by atoms with Gasteiger partial charge in [-0.1, -0.05) is 47.5 Å². The molecule has 3 aromatic rings. The number of hydrogen-bond acceptors (Lipinski definition) is 2. The van der Waals surface area contributed by atoms with Crippen LogP contribution in [0, 0.1) is 13.8 Å².